The molecule has 72 valence electrons. The van der Waals surface area contributed by atoms with Crippen LogP contribution in [0.2, 0.25) is 0 Å². The molecule has 4 heteroatoms. The van der Waals surface area contributed by atoms with Crippen LogP contribution >= 0.6 is 11.8 Å². The quantitative estimate of drug-likeness (QED) is 0.503. The van der Waals surface area contributed by atoms with Gasteiger partial charge in [0.1, 0.15) is 0 Å². The lowest BCUT2D eigenvalue weighted by Crippen LogP contribution is -2.44. The van der Waals surface area contributed by atoms with Gasteiger partial charge in [-0.05, 0) is 25.0 Å². The summed E-state index contributed by atoms with van der Waals surface area (Å²) in [7, 11) is 0. The third kappa shape index (κ3) is 2.94. The highest BCUT2D eigenvalue weighted by molar-refractivity contribution is 7.98. The minimum atomic E-state index is 0.462. The van der Waals surface area contributed by atoms with E-state index in [2.05, 4.69) is 11.7 Å². The molecular formula is C8H18N2OS. The number of thioether (sulfide) groups is 1. The van der Waals surface area contributed by atoms with Crippen molar-refractivity contribution in [1.82, 2.24) is 5.43 Å². The van der Waals surface area contributed by atoms with Gasteiger partial charge in [-0.3, -0.25) is 11.3 Å². The molecule has 0 aromatic rings. The van der Waals surface area contributed by atoms with Crippen molar-refractivity contribution < 1.29 is 4.74 Å². The first-order valence-electron chi connectivity index (χ1n) is 4.41. The van der Waals surface area contributed by atoms with Crippen molar-refractivity contribution in [2.24, 2.45) is 11.8 Å². The maximum absolute atomic E-state index is 5.49. The zero-order chi connectivity index (χ0) is 8.81. The summed E-state index contributed by atoms with van der Waals surface area (Å²) in [6.45, 7) is 1.80. The van der Waals surface area contributed by atoms with E-state index in [-0.39, 0.29) is 0 Å². The molecule has 0 bridgehead atoms. The van der Waals surface area contributed by atoms with Gasteiger partial charge >= 0.3 is 0 Å². The van der Waals surface area contributed by atoms with Crippen LogP contribution < -0.4 is 11.3 Å². The molecule has 0 saturated carbocycles. The Morgan fingerprint density at radius 1 is 1.58 bits per heavy atom. The molecule has 3 nitrogen and oxygen atoms in total. The number of nitrogens with two attached hydrogens (primary N) is 1. The minimum Gasteiger partial charge on any atom is -0.381 e. The molecule has 0 spiro atoms. The normalized spacial score (nSPS) is 22.5. The Hall–Kier alpha value is 0.230. The molecule has 1 heterocycles. The molecule has 0 radical (unpaired) electrons. The van der Waals surface area contributed by atoms with Crippen LogP contribution in [0.25, 0.3) is 0 Å². The van der Waals surface area contributed by atoms with E-state index < -0.39 is 0 Å². The summed E-state index contributed by atoms with van der Waals surface area (Å²) in [5, 5.41) is 0. The Morgan fingerprint density at radius 2 is 2.25 bits per heavy atom. The lowest BCUT2D eigenvalue weighted by Gasteiger charge is -2.29. The molecule has 1 aliphatic rings. The summed E-state index contributed by atoms with van der Waals surface area (Å²) in [6, 6.07) is 0.462. The van der Waals surface area contributed by atoms with Crippen molar-refractivity contribution in [3.05, 3.63) is 0 Å². The third-order valence-corrected chi connectivity index (χ3v) is 3.09. The summed E-state index contributed by atoms with van der Waals surface area (Å²) in [5.74, 6) is 7.29. The predicted octanol–water partition coefficient (Wildman–Crippen LogP) is 0.608. The number of hydrogen-bond donors (Lipinski definition) is 2. The number of hydrogen-bond acceptors (Lipinski definition) is 4. The predicted molar refractivity (Wildman–Crippen MR) is 53.0 cm³/mol. The lowest BCUT2D eigenvalue weighted by atomic mass is 9.93. The Bertz CT molecular complexity index is 115. The number of nitrogens with one attached hydrogen (secondary N) is 1. The lowest BCUT2D eigenvalue weighted by molar-refractivity contribution is 0.0566. The molecule has 1 unspecified atom stereocenters. The fourth-order valence-corrected chi connectivity index (χ4v) is 2.35. The maximum atomic E-state index is 5.49. The second-order valence-electron chi connectivity index (χ2n) is 3.18. The van der Waals surface area contributed by atoms with E-state index in [1.165, 1.54) is 0 Å². The highest BCUT2D eigenvalue weighted by atomic mass is 32.2. The van der Waals surface area contributed by atoms with Crippen LogP contribution in [0, 0.1) is 5.92 Å². The van der Waals surface area contributed by atoms with E-state index >= 15 is 0 Å². The van der Waals surface area contributed by atoms with E-state index in [1.807, 2.05) is 11.8 Å². The van der Waals surface area contributed by atoms with Gasteiger partial charge in [-0.2, -0.15) is 11.8 Å². The average Bonchev–Trinajstić information content (AvgIpc) is 2.15. The molecule has 3 N–H and O–H groups in total. The van der Waals surface area contributed by atoms with Gasteiger partial charge in [0.2, 0.25) is 0 Å². The van der Waals surface area contributed by atoms with Gasteiger partial charge in [-0.25, -0.2) is 0 Å². The molecule has 0 aromatic carbocycles. The van der Waals surface area contributed by atoms with Gasteiger partial charge in [-0.15, -0.1) is 0 Å². The van der Waals surface area contributed by atoms with Crippen molar-refractivity contribution in [1.29, 1.82) is 0 Å². The highest BCUT2D eigenvalue weighted by Crippen LogP contribution is 2.20. The van der Waals surface area contributed by atoms with Crippen LogP contribution in [-0.2, 0) is 4.74 Å². The van der Waals surface area contributed by atoms with E-state index in [0.717, 1.165) is 31.8 Å². The molecule has 1 aliphatic heterocycles. The van der Waals surface area contributed by atoms with E-state index in [4.69, 9.17) is 10.6 Å². The van der Waals surface area contributed by atoms with E-state index in [1.54, 1.807) is 0 Å². The number of rotatable bonds is 4. The van der Waals surface area contributed by atoms with Crippen LogP contribution in [0.1, 0.15) is 12.8 Å². The van der Waals surface area contributed by atoms with Crippen molar-refractivity contribution in [2.75, 3.05) is 25.2 Å². The number of hydrazine groups is 1. The molecule has 0 aliphatic carbocycles. The van der Waals surface area contributed by atoms with Gasteiger partial charge in [0.25, 0.3) is 0 Å². The molecule has 12 heavy (non-hydrogen) atoms. The van der Waals surface area contributed by atoms with E-state index in [0.29, 0.717) is 12.0 Å². The SMILES string of the molecule is CSCC(NN)C1CCOCC1. The van der Waals surface area contributed by atoms with Crippen LogP contribution in [0.4, 0.5) is 0 Å². The average molecular weight is 190 g/mol. The monoisotopic (exact) mass is 190 g/mol. The van der Waals surface area contributed by atoms with Crippen LogP contribution in [0.5, 0.6) is 0 Å². The molecule has 1 rings (SSSR count). The zero-order valence-corrected chi connectivity index (χ0v) is 8.40. The first-order valence-corrected chi connectivity index (χ1v) is 5.80. The fraction of sp³-hybridized carbons (Fsp3) is 1.00. The molecule has 1 fully saturated rings. The largest absolute Gasteiger partial charge is 0.381 e. The summed E-state index contributed by atoms with van der Waals surface area (Å²) in [5.41, 5.74) is 2.90. The maximum Gasteiger partial charge on any atom is 0.0469 e. The molecule has 1 atom stereocenters. The van der Waals surface area contributed by atoms with E-state index in [9.17, 15) is 0 Å². The minimum absolute atomic E-state index is 0.462. The van der Waals surface area contributed by atoms with Gasteiger partial charge in [0, 0.05) is 25.0 Å². The Labute approximate surface area is 78.4 Å². The zero-order valence-electron chi connectivity index (χ0n) is 7.58. The van der Waals surface area contributed by atoms with Crippen molar-refractivity contribution in [2.45, 2.75) is 18.9 Å². The summed E-state index contributed by atoms with van der Waals surface area (Å²) in [4.78, 5) is 0. The van der Waals surface area contributed by atoms with Gasteiger partial charge < -0.3 is 4.74 Å². The van der Waals surface area contributed by atoms with Crippen molar-refractivity contribution in [3.63, 3.8) is 0 Å². The summed E-state index contributed by atoms with van der Waals surface area (Å²) >= 11 is 1.84. The first kappa shape index (κ1) is 10.3. The fourth-order valence-electron chi connectivity index (χ4n) is 1.62. The van der Waals surface area contributed by atoms with Crippen LogP contribution in [0.15, 0.2) is 0 Å². The molecule has 0 amide bonds. The Kier molecular flexibility index (Phi) is 4.99. The molecular weight excluding hydrogens is 172 g/mol. The first-order chi connectivity index (χ1) is 5.88. The van der Waals surface area contributed by atoms with Crippen LogP contribution in [0.3, 0.4) is 0 Å². The molecule has 0 aromatic heterocycles. The van der Waals surface area contributed by atoms with Gasteiger partial charge in [0.15, 0.2) is 0 Å². The number of ether oxygens (including phenoxy) is 1. The second kappa shape index (κ2) is 5.80. The second-order valence-corrected chi connectivity index (χ2v) is 4.09. The van der Waals surface area contributed by atoms with Gasteiger partial charge in [-0.1, -0.05) is 0 Å². The summed E-state index contributed by atoms with van der Waals surface area (Å²) in [6.07, 6.45) is 4.41. The van der Waals surface area contributed by atoms with Gasteiger partial charge in [0.05, 0.1) is 0 Å². The molecule has 1 saturated heterocycles. The smallest absolute Gasteiger partial charge is 0.0469 e. The van der Waals surface area contributed by atoms with Crippen molar-refractivity contribution in [3.8, 4) is 0 Å². The third-order valence-electron chi connectivity index (χ3n) is 2.40. The van der Waals surface area contributed by atoms with Crippen molar-refractivity contribution >= 4 is 11.8 Å². The standard InChI is InChI=1S/C8H18N2OS/c1-12-6-8(10-9)7-2-4-11-5-3-7/h7-8,10H,2-6,9H2,1H3. The highest BCUT2D eigenvalue weighted by Gasteiger charge is 2.22. The van der Waals surface area contributed by atoms with Crippen LogP contribution in [-0.4, -0.2) is 31.3 Å². The topological polar surface area (TPSA) is 47.3 Å². The summed E-state index contributed by atoms with van der Waals surface area (Å²) < 4.78 is 5.30. The Balaban J connectivity index is 2.29. The Morgan fingerprint density at radius 3 is 2.75 bits per heavy atom.